The highest BCUT2D eigenvalue weighted by atomic mass is 35.5. The van der Waals surface area contributed by atoms with Crippen molar-refractivity contribution >= 4 is 23.1 Å². The van der Waals surface area contributed by atoms with E-state index in [0.717, 1.165) is 12.1 Å². The first-order valence-corrected chi connectivity index (χ1v) is 5.13. The standard InChI is InChI=1S/C10H9ClFNO3/c11-5-1-2-10(14)7-3-4-8(12)9(6-7)13(15)16/h3-4,6H,1-2,5H2. The zero-order valence-electron chi connectivity index (χ0n) is 8.28. The molecular weight excluding hydrogens is 237 g/mol. The molecule has 6 heteroatoms. The smallest absolute Gasteiger partial charge is 0.294 e. The van der Waals surface area contributed by atoms with Gasteiger partial charge in [-0.1, -0.05) is 0 Å². The van der Waals surface area contributed by atoms with Crippen LogP contribution in [0, 0.1) is 15.9 Å². The van der Waals surface area contributed by atoms with Crippen molar-refractivity contribution in [3.05, 3.63) is 39.7 Å². The lowest BCUT2D eigenvalue weighted by Gasteiger charge is -2.00. The Morgan fingerprint density at radius 2 is 2.19 bits per heavy atom. The summed E-state index contributed by atoms with van der Waals surface area (Å²) in [6.45, 7) is 0. The third kappa shape index (κ3) is 3.00. The number of Topliss-reactive ketones (excluding diaryl/α,β-unsaturated/α-hetero) is 1. The van der Waals surface area contributed by atoms with Crippen molar-refractivity contribution in [1.82, 2.24) is 0 Å². The van der Waals surface area contributed by atoms with Crippen LogP contribution in [0.5, 0.6) is 0 Å². The predicted molar refractivity (Wildman–Crippen MR) is 57.3 cm³/mol. The fraction of sp³-hybridized carbons (Fsp3) is 0.300. The van der Waals surface area contributed by atoms with Gasteiger partial charge in [-0.2, -0.15) is 4.39 Å². The number of carbonyl (C=O) groups excluding carboxylic acids is 1. The number of hydrogen-bond acceptors (Lipinski definition) is 3. The molecule has 0 saturated heterocycles. The molecule has 0 aliphatic heterocycles. The lowest BCUT2D eigenvalue weighted by atomic mass is 10.1. The average Bonchev–Trinajstić information content (AvgIpc) is 2.26. The summed E-state index contributed by atoms with van der Waals surface area (Å²) in [5, 5.41) is 10.4. The molecule has 0 N–H and O–H groups in total. The molecule has 0 aliphatic carbocycles. The average molecular weight is 246 g/mol. The number of hydrogen-bond donors (Lipinski definition) is 0. The summed E-state index contributed by atoms with van der Waals surface area (Å²) >= 11 is 5.42. The van der Waals surface area contributed by atoms with Crippen LogP contribution < -0.4 is 0 Å². The van der Waals surface area contributed by atoms with Crippen LogP contribution in [0.25, 0.3) is 0 Å². The first-order chi connectivity index (χ1) is 7.56. The Labute approximate surface area is 96.2 Å². The zero-order chi connectivity index (χ0) is 12.1. The summed E-state index contributed by atoms with van der Waals surface area (Å²) in [6, 6.07) is 3.11. The number of carbonyl (C=O) groups is 1. The maximum absolute atomic E-state index is 13.0. The van der Waals surface area contributed by atoms with Crippen molar-refractivity contribution in [3.8, 4) is 0 Å². The second kappa shape index (κ2) is 5.55. The maximum Gasteiger partial charge on any atom is 0.305 e. The van der Waals surface area contributed by atoms with Crippen molar-refractivity contribution in [2.75, 3.05) is 5.88 Å². The van der Waals surface area contributed by atoms with E-state index in [4.69, 9.17) is 11.6 Å². The normalized spacial score (nSPS) is 10.1. The minimum absolute atomic E-state index is 0.137. The van der Waals surface area contributed by atoms with Crippen molar-refractivity contribution in [3.63, 3.8) is 0 Å². The lowest BCUT2D eigenvalue weighted by molar-refractivity contribution is -0.387. The van der Waals surface area contributed by atoms with E-state index in [1.54, 1.807) is 0 Å². The van der Waals surface area contributed by atoms with Crippen LogP contribution in [-0.2, 0) is 0 Å². The Morgan fingerprint density at radius 3 is 2.75 bits per heavy atom. The lowest BCUT2D eigenvalue weighted by Crippen LogP contribution is -2.02. The van der Waals surface area contributed by atoms with Gasteiger partial charge in [0.25, 0.3) is 0 Å². The first kappa shape index (κ1) is 12.6. The van der Waals surface area contributed by atoms with E-state index in [2.05, 4.69) is 0 Å². The summed E-state index contributed by atoms with van der Waals surface area (Å²) in [5.74, 6) is -0.877. The van der Waals surface area contributed by atoms with Crippen molar-refractivity contribution < 1.29 is 14.1 Å². The highest BCUT2D eigenvalue weighted by Crippen LogP contribution is 2.19. The Kier molecular flexibility index (Phi) is 4.37. The van der Waals surface area contributed by atoms with E-state index in [0.29, 0.717) is 12.3 Å². The van der Waals surface area contributed by atoms with E-state index >= 15 is 0 Å². The molecule has 4 nitrogen and oxygen atoms in total. The van der Waals surface area contributed by atoms with Gasteiger partial charge in [-0.3, -0.25) is 14.9 Å². The van der Waals surface area contributed by atoms with Gasteiger partial charge >= 0.3 is 5.69 Å². The Hall–Kier alpha value is -1.49. The quantitative estimate of drug-likeness (QED) is 0.347. The summed E-state index contributed by atoms with van der Waals surface area (Å²) in [6.07, 6.45) is 0.692. The van der Waals surface area contributed by atoms with Gasteiger partial charge in [-0.25, -0.2) is 0 Å². The third-order valence-electron chi connectivity index (χ3n) is 2.00. The van der Waals surface area contributed by atoms with Gasteiger partial charge in [0.05, 0.1) is 4.92 Å². The van der Waals surface area contributed by atoms with Crippen molar-refractivity contribution in [1.29, 1.82) is 0 Å². The molecular formula is C10H9ClFNO3. The van der Waals surface area contributed by atoms with Gasteiger partial charge in [0, 0.05) is 23.9 Å². The molecule has 1 rings (SSSR count). The van der Waals surface area contributed by atoms with Crippen LogP contribution in [0.15, 0.2) is 18.2 Å². The van der Waals surface area contributed by atoms with Crippen molar-refractivity contribution in [2.45, 2.75) is 12.8 Å². The molecule has 0 amide bonds. The largest absolute Gasteiger partial charge is 0.305 e. The molecule has 0 saturated carbocycles. The number of nitrogens with zero attached hydrogens (tertiary/aromatic N) is 1. The van der Waals surface area contributed by atoms with E-state index in [-0.39, 0.29) is 17.8 Å². The summed E-state index contributed by atoms with van der Waals surface area (Å²) < 4.78 is 13.0. The minimum Gasteiger partial charge on any atom is -0.294 e. The molecule has 0 radical (unpaired) electrons. The first-order valence-electron chi connectivity index (χ1n) is 4.59. The number of rotatable bonds is 5. The zero-order valence-corrected chi connectivity index (χ0v) is 9.04. The number of nitro benzene ring substituents is 1. The number of halogens is 2. The molecule has 0 aliphatic rings. The van der Waals surface area contributed by atoms with Crippen LogP contribution >= 0.6 is 11.6 Å². The Bertz CT molecular complexity index is 423. The van der Waals surface area contributed by atoms with Crippen molar-refractivity contribution in [2.24, 2.45) is 0 Å². The second-order valence-electron chi connectivity index (χ2n) is 3.14. The van der Waals surface area contributed by atoms with Crippen LogP contribution in [0.4, 0.5) is 10.1 Å². The van der Waals surface area contributed by atoms with Gasteiger partial charge in [0.2, 0.25) is 5.82 Å². The highest BCUT2D eigenvalue weighted by Gasteiger charge is 2.16. The molecule has 0 heterocycles. The SMILES string of the molecule is O=C(CCCCl)c1ccc(F)c([N+](=O)[O-])c1. The highest BCUT2D eigenvalue weighted by molar-refractivity contribution is 6.18. The molecule has 0 spiro atoms. The summed E-state index contributed by atoms with van der Waals surface area (Å²) in [4.78, 5) is 21.1. The molecule has 0 bridgehead atoms. The van der Waals surface area contributed by atoms with Crippen LogP contribution in [-0.4, -0.2) is 16.6 Å². The molecule has 1 aromatic carbocycles. The van der Waals surface area contributed by atoms with Crippen LogP contribution in [0.2, 0.25) is 0 Å². The molecule has 0 fully saturated rings. The molecule has 1 aromatic rings. The maximum atomic E-state index is 13.0. The molecule has 0 unspecified atom stereocenters. The fourth-order valence-electron chi connectivity index (χ4n) is 1.20. The van der Waals surface area contributed by atoms with Crippen LogP contribution in [0.3, 0.4) is 0 Å². The van der Waals surface area contributed by atoms with Gasteiger partial charge in [-0.15, -0.1) is 11.6 Å². The number of alkyl halides is 1. The second-order valence-corrected chi connectivity index (χ2v) is 3.52. The number of nitro groups is 1. The molecule has 16 heavy (non-hydrogen) atoms. The molecule has 0 atom stereocenters. The van der Waals surface area contributed by atoms with Gasteiger partial charge in [0.15, 0.2) is 5.78 Å². The van der Waals surface area contributed by atoms with Gasteiger partial charge in [0.1, 0.15) is 0 Å². The third-order valence-corrected chi connectivity index (χ3v) is 2.27. The van der Waals surface area contributed by atoms with E-state index < -0.39 is 16.4 Å². The Morgan fingerprint density at radius 1 is 1.50 bits per heavy atom. The summed E-state index contributed by atoms with van der Waals surface area (Å²) in [5.41, 5.74) is -0.546. The number of benzene rings is 1. The predicted octanol–water partition coefficient (Wildman–Crippen LogP) is 2.94. The topological polar surface area (TPSA) is 60.2 Å². The van der Waals surface area contributed by atoms with E-state index in [1.807, 2.05) is 0 Å². The molecule has 0 aromatic heterocycles. The Balaban J connectivity index is 2.94. The monoisotopic (exact) mass is 245 g/mol. The number of ketones is 1. The van der Waals surface area contributed by atoms with E-state index in [9.17, 15) is 19.3 Å². The minimum atomic E-state index is -0.945. The van der Waals surface area contributed by atoms with Crippen LogP contribution in [0.1, 0.15) is 23.2 Å². The fourth-order valence-corrected chi connectivity index (χ4v) is 1.33. The summed E-state index contributed by atoms with van der Waals surface area (Å²) in [7, 11) is 0. The van der Waals surface area contributed by atoms with Gasteiger partial charge in [-0.05, 0) is 18.6 Å². The van der Waals surface area contributed by atoms with E-state index in [1.165, 1.54) is 6.07 Å². The van der Waals surface area contributed by atoms with Gasteiger partial charge < -0.3 is 0 Å². The molecule has 86 valence electrons.